The smallest absolute Gasteiger partial charge is 0.104 e. The van der Waals surface area contributed by atoms with Crippen molar-refractivity contribution in [3.63, 3.8) is 0 Å². The monoisotopic (exact) mass is 335 g/mol. The summed E-state index contributed by atoms with van der Waals surface area (Å²) < 4.78 is 1.19. The highest BCUT2D eigenvalue weighted by Gasteiger charge is 2.04. The van der Waals surface area contributed by atoms with Crippen molar-refractivity contribution in [3.05, 3.63) is 44.3 Å². The maximum Gasteiger partial charge on any atom is 0.104 e. The van der Waals surface area contributed by atoms with E-state index in [-0.39, 0.29) is 0 Å². The zero-order chi connectivity index (χ0) is 13.4. The molecule has 3 aromatic rings. The number of imidazole rings is 1. The van der Waals surface area contributed by atoms with Gasteiger partial charge in [0.25, 0.3) is 0 Å². The topological polar surface area (TPSA) is 40.7 Å². The lowest BCUT2D eigenvalue weighted by atomic mass is 10.2. The molecule has 0 radical (unpaired) electrons. The van der Waals surface area contributed by atoms with Crippen molar-refractivity contribution in [3.8, 4) is 0 Å². The number of rotatable bonds is 3. The van der Waals surface area contributed by atoms with E-state index < -0.39 is 0 Å². The standard InChI is InChI=1S/C14H14BrN3S/c1-8-12(15)6-11(19-8)7-16-10-3-4-13-14(5-10)18-9(2)17-13/h3-6,16H,7H2,1-2H3,(H,17,18). The predicted molar refractivity (Wildman–Crippen MR) is 84.9 cm³/mol. The van der Waals surface area contributed by atoms with Gasteiger partial charge in [-0.25, -0.2) is 4.98 Å². The Morgan fingerprint density at radius 2 is 2.16 bits per heavy atom. The predicted octanol–water partition coefficient (Wildman–Crippen LogP) is 4.62. The van der Waals surface area contributed by atoms with Gasteiger partial charge in [-0.3, -0.25) is 0 Å². The number of halogens is 1. The Labute approximate surface area is 124 Å². The van der Waals surface area contributed by atoms with Crippen molar-refractivity contribution in [2.45, 2.75) is 20.4 Å². The number of thiophene rings is 1. The van der Waals surface area contributed by atoms with Gasteiger partial charge in [-0.05, 0) is 54.0 Å². The molecule has 2 N–H and O–H groups in total. The van der Waals surface area contributed by atoms with Crippen LogP contribution in [0.25, 0.3) is 11.0 Å². The van der Waals surface area contributed by atoms with Crippen LogP contribution in [0.15, 0.2) is 28.7 Å². The number of hydrogen-bond donors (Lipinski definition) is 2. The third-order valence-electron chi connectivity index (χ3n) is 2.98. The van der Waals surface area contributed by atoms with Gasteiger partial charge in [-0.15, -0.1) is 11.3 Å². The van der Waals surface area contributed by atoms with Crippen LogP contribution in [0, 0.1) is 13.8 Å². The molecule has 0 atom stereocenters. The van der Waals surface area contributed by atoms with Crippen molar-refractivity contribution in [2.75, 3.05) is 5.32 Å². The van der Waals surface area contributed by atoms with Crippen LogP contribution in [0.1, 0.15) is 15.6 Å². The van der Waals surface area contributed by atoms with Crippen LogP contribution in [0.2, 0.25) is 0 Å². The van der Waals surface area contributed by atoms with Gasteiger partial charge in [0.15, 0.2) is 0 Å². The minimum Gasteiger partial charge on any atom is -0.380 e. The van der Waals surface area contributed by atoms with Crippen molar-refractivity contribution >= 4 is 44.0 Å². The fraction of sp³-hybridized carbons (Fsp3) is 0.214. The fourth-order valence-electron chi connectivity index (χ4n) is 2.04. The molecular weight excluding hydrogens is 322 g/mol. The second-order valence-corrected chi connectivity index (χ2v) is 6.72. The molecule has 0 aliphatic carbocycles. The first-order valence-corrected chi connectivity index (χ1v) is 7.68. The zero-order valence-corrected chi connectivity index (χ0v) is 13.2. The molecular formula is C14H14BrN3S. The number of nitrogens with zero attached hydrogens (tertiary/aromatic N) is 1. The highest BCUT2D eigenvalue weighted by atomic mass is 79.9. The molecule has 1 aromatic carbocycles. The van der Waals surface area contributed by atoms with Gasteiger partial charge in [0.1, 0.15) is 5.82 Å². The minimum atomic E-state index is 0.843. The molecule has 0 amide bonds. The van der Waals surface area contributed by atoms with Gasteiger partial charge in [0.05, 0.1) is 11.0 Å². The minimum absolute atomic E-state index is 0.843. The van der Waals surface area contributed by atoms with Crippen molar-refractivity contribution < 1.29 is 0 Å². The summed E-state index contributed by atoms with van der Waals surface area (Å²) in [5, 5.41) is 3.44. The lowest BCUT2D eigenvalue weighted by Gasteiger charge is -2.04. The number of aryl methyl sites for hydroxylation is 2. The first kappa shape index (κ1) is 12.7. The van der Waals surface area contributed by atoms with Gasteiger partial charge in [-0.1, -0.05) is 0 Å². The van der Waals surface area contributed by atoms with E-state index >= 15 is 0 Å². The van der Waals surface area contributed by atoms with Gasteiger partial charge in [-0.2, -0.15) is 0 Å². The van der Waals surface area contributed by atoms with E-state index in [1.165, 1.54) is 14.2 Å². The molecule has 0 spiro atoms. The SMILES string of the molecule is Cc1nc2ccc(NCc3cc(Br)c(C)s3)cc2[nH]1. The largest absolute Gasteiger partial charge is 0.380 e. The van der Waals surface area contributed by atoms with Crippen molar-refractivity contribution in [1.29, 1.82) is 0 Å². The summed E-state index contributed by atoms with van der Waals surface area (Å²) in [5.74, 6) is 0.949. The van der Waals surface area contributed by atoms with Crippen LogP contribution in [-0.4, -0.2) is 9.97 Å². The van der Waals surface area contributed by atoms with Crippen molar-refractivity contribution in [2.24, 2.45) is 0 Å². The van der Waals surface area contributed by atoms with Gasteiger partial charge >= 0.3 is 0 Å². The molecule has 0 bridgehead atoms. The van der Waals surface area contributed by atoms with E-state index in [1.54, 1.807) is 0 Å². The molecule has 0 saturated heterocycles. The maximum absolute atomic E-state index is 4.40. The molecule has 2 heterocycles. The summed E-state index contributed by atoms with van der Waals surface area (Å²) >= 11 is 5.36. The molecule has 3 rings (SSSR count). The Morgan fingerprint density at radius 1 is 1.32 bits per heavy atom. The van der Waals surface area contributed by atoms with E-state index in [0.29, 0.717) is 0 Å². The Balaban J connectivity index is 1.77. The second kappa shape index (κ2) is 4.98. The van der Waals surface area contributed by atoms with E-state index in [4.69, 9.17) is 0 Å². The van der Waals surface area contributed by atoms with E-state index in [9.17, 15) is 0 Å². The number of anilines is 1. The van der Waals surface area contributed by atoms with Crippen LogP contribution in [0.3, 0.4) is 0 Å². The van der Waals surface area contributed by atoms with Crippen LogP contribution in [0.5, 0.6) is 0 Å². The molecule has 5 heteroatoms. The lowest BCUT2D eigenvalue weighted by Crippen LogP contribution is -1.96. The molecule has 0 saturated carbocycles. The average molecular weight is 336 g/mol. The summed E-state index contributed by atoms with van der Waals surface area (Å²) in [4.78, 5) is 10.3. The van der Waals surface area contributed by atoms with Crippen molar-refractivity contribution in [1.82, 2.24) is 9.97 Å². The van der Waals surface area contributed by atoms with Crippen LogP contribution in [0.4, 0.5) is 5.69 Å². The van der Waals surface area contributed by atoms with Crippen LogP contribution >= 0.6 is 27.3 Å². The molecule has 98 valence electrons. The number of nitrogens with one attached hydrogen (secondary N) is 2. The van der Waals surface area contributed by atoms with Crippen LogP contribution < -0.4 is 5.32 Å². The lowest BCUT2D eigenvalue weighted by molar-refractivity contribution is 1.17. The first-order valence-electron chi connectivity index (χ1n) is 6.07. The highest BCUT2D eigenvalue weighted by Crippen LogP contribution is 2.27. The first-order chi connectivity index (χ1) is 9.11. The number of aromatic nitrogens is 2. The van der Waals surface area contributed by atoms with Gasteiger partial charge in [0, 0.05) is 26.5 Å². The van der Waals surface area contributed by atoms with Gasteiger partial charge < -0.3 is 10.3 Å². The number of aromatic amines is 1. The Hall–Kier alpha value is -1.33. The Kier molecular flexibility index (Phi) is 3.33. The fourth-order valence-corrected chi connectivity index (χ4v) is 3.58. The molecule has 0 aliphatic rings. The molecule has 0 aliphatic heterocycles. The Morgan fingerprint density at radius 3 is 2.89 bits per heavy atom. The third-order valence-corrected chi connectivity index (χ3v) is 5.11. The number of hydrogen-bond acceptors (Lipinski definition) is 3. The molecule has 0 fully saturated rings. The summed E-state index contributed by atoms with van der Waals surface area (Å²) in [6.07, 6.45) is 0. The van der Waals surface area contributed by atoms with E-state index in [2.05, 4.69) is 56.3 Å². The average Bonchev–Trinajstić information content (AvgIpc) is 2.88. The van der Waals surface area contributed by atoms with E-state index in [1.807, 2.05) is 24.3 Å². The second-order valence-electron chi connectivity index (χ2n) is 4.52. The number of fused-ring (bicyclic) bond motifs is 1. The summed E-state index contributed by atoms with van der Waals surface area (Å²) in [6, 6.07) is 8.38. The summed E-state index contributed by atoms with van der Waals surface area (Å²) in [5.41, 5.74) is 3.20. The third kappa shape index (κ3) is 2.67. The number of H-pyrrole nitrogens is 1. The Bertz CT molecular complexity index is 710. The summed E-state index contributed by atoms with van der Waals surface area (Å²) in [6.45, 7) is 4.94. The quantitative estimate of drug-likeness (QED) is 0.733. The molecule has 2 aromatic heterocycles. The highest BCUT2D eigenvalue weighted by molar-refractivity contribution is 9.10. The maximum atomic E-state index is 4.40. The van der Waals surface area contributed by atoms with Gasteiger partial charge in [0.2, 0.25) is 0 Å². The zero-order valence-electron chi connectivity index (χ0n) is 10.7. The number of benzene rings is 1. The molecule has 19 heavy (non-hydrogen) atoms. The molecule has 3 nitrogen and oxygen atoms in total. The normalized spacial score (nSPS) is 11.1. The van der Waals surface area contributed by atoms with Crippen LogP contribution in [-0.2, 0) is 6.54 Å². The molecule has 0 unspecified atom stereocenters. The summed E-state index contributed by atoms with van der Waals surface area (Å²) in [7, 11) is 0. The van der Waals surface area contributed by atoms with E-state index in [0.717, 1.165) is 29.1 Å².